The van der Waals surface area contributed by atoms with E-state index >= 15 is 0 Å². The van der Waals surface area contributed by atoms with Crippen molar-refractivity contribution in [2.45, 2.75) is 75.4 Å². The monoisotopic (exact) mass is 369 g/mol. The molecule has 4 saturated heterocycles. The van der Waals surface area contributed by atoms with Gasteiger partial charge in [0.2, 0.25) is 0 Å². The lowest BCUT2D eigenvalue weighted by molar-refractivity contribution is -1.04. The fraction of sp³-hybridized carbons (Fsp3) is 0.739. The second kappa shape index (κ2) is 5.08. The van der Waals surface area contributed by atoms with E-state index in [4.69, 9.17) is 0 Å². The second-order valence-electron chi connectivity index (χ2n) is 10.1. The second-order valence-corrected chi connectivity index (χ2v) is 10.1. The summed E-state index contributed by atoms with van der Waals surface area (Å²) in [5, 5.41) is 23.6. The summed E-state index contributed by atoms with van der Waals surface area (Å²) in [5.74, 6) is 1.18. The highest BCUT2D eigenvalue weighted by Crippen LogP contribution is 2.71. The van der Waals surface area contributed by atoms with Crippen molar-refractivity contribution in [2.24, 2.45) is 17.8 Å². The highest BCUT2D eigenvalue weighted by molar-refractivity contribution is 5.66. The van der Waals surface area contributed by atoms with E-state index in [2.05, 4.69) is 50.1 Å². The molecule has 6 aliphatic rings. The van der Waals surface area contributed by atoms with Crippen molar-refractivity contribution in [1.82, 2.24) is 0 Å². The van der Waals surface area contributed by atoms with Gasteiger partial charge in [-0.05, 0) is 30.4 Å². The molecule has 27 heavy (non-hydrogen) atoms. The average molecular weight is 370 g/mol. The molecule has 2 N–H and O–H groups in total. The van der Waals surface area contributed by atoms with Gasteiger partial charge in [-0.25, -0.2) is 0 Å². The molecule has 5 fully saturated rings. The van der Waals surface area contributed by atoms with E-state index in [0.717, 1.165) is 30.3 Å². The summed E-state index contributed by atoms with van der Waals surface area (Å²) in [6.45, 7) is 5.56. The van der Waals surface area contributed by atoms with E-state index in [1.807, 2.05) is 0 Å². The number of quaternary nitrogens is 1. The Kier molecular flexibility index (Phi) is 3.17. The predicted octanol–water partition coefficient (Wildman–Crippen LogP) is 2.48. The molecule has 1 spiro atoms. The minimum atomic E-state index is -0.271. The highest BCUT2D eigenvalue weighted by Gasteiger charge is 2.82. The number of benzene rings is 1. The number of hydrogen-bond donors (Lipinski definition) is 2. The number of para-hydroxylation sites is 1. The lowest BCUT2D eigenvalue weighted by atomic mass is 9.60. The quantitative estimate of drug-likeness (QED) is 0.805. The van der Waals surface area contributed by atoms with Crippen LogP contribution in [0.2, 0.25) is 0 Å². The maximum atomic E-state index is 11.9. The zero-order valence-electron chi connectivity index (χ0n) is 16.8. The van der Waals surface area contributed by atoms with Crippen LogP contribution in [0.4, 0.5) is 5.69 Å². The Morgan fingerprint density at radius 3 is 2.70 bits per heavy atom. The van der Waals surface area contributed by atoms with Gasteiger partial charge < -0.3 is 15.1 Å². The normalized spacial score (nSPS) is 53.7. The smallest absolute Gasteiger partial charge is 0.194 e. The molecule has 5 heterocycles. The van der Waals surface area contributed by atoms with E-state index < -0.39 is 0 Å². The summed E-state index contributed by atoms with van der Waals surface area (Å²) >= 11 is 0. The molecule has 5 bridgehead atoms. The van der Waals surface area contributed by atoms with Crippen LogP contribution in [0.25, 0.3) is 0 Å². The first-order chi connectivity index (χ1) is 13.0. The van der Waals surface area contributed by atoms with Crippen molar-refractivity contribution in [3.8, 4) is 0 Å². The Morgan fingerprint density at radius 1 is 1.19 bits per heavy atom. The number of likely N-dealkylation sites (N-methyl/N-ethyl adjacent to an activating group) is 1. The van der Waals surface area contributed by atoms with Crippen molar-refractivity contribution in [3.05, 3.63) is 29.8 Å². The lowest BCUT2D eigenvalue weighted by Gasteiger charge is -2.68. The Balaban J connectivity index is 1.62. The SMILES string of the molecule is CCC[N+]12C3C[C@@H]([C@H](CC)[C@H]1O)[C@@H]1[C@@H](O)C4(C[C@@H]12)c1ccccc1N(C)[C@@H]34. The summed E-state index contributed by atoms with van der Waals surface area (Å²) < 4.78 is 0.873. The fourth-order valence-corrected chi connectivity index (χ4v) is 9.23. The first-order valence-corrected chi connectivity index (χ1v) is 11.1. The van der Waals surface area contributed by atoms with Crippen molar-refractivity contribution < 1.29 is 14.7 Å². The number of fused-ring (bicyclic) bond motifs is 2. The number of aliphatic hydroxyl groups is 2. The van der Waals surface area contributed by atoms with Crippen LogP contribution in [0.3, 0.4) is 0 Å². The van der Waals surface area contributed by atoms with Crippen LogP contribution in [0.15, 0.2) is 24.3 Å². The summed E-state index contributed by atoms with van der Waals surface area (Å²) in [4.78, 5) is 2.48. The largest absolute Gasteiger partial charge is 0.392 e. The molecule has 7 rings (SSSR count). The fourth-order valence-electron chi connectivity index (χ4n) is 9.23. The van der Waals surface area contributed by atoms with Crippen LogP contribution in [0, 0.1) is 17.8 Å². The number of rotatable bonds is 3. The molecule has 4 nitrogen and oxygen atoms in total. The van der Waals surface area contributed by atoms with Crippen LogP contribution >= 0.6 is 0 Å². The van der Waals surface area contributed by atoms with Gasteiger partial charge in [0.15, 0.2) is 6.23 Å². The Hall–Kier alpha value is -1.10. The van der Waals surface area contributed by atoms with Gasteiger partial charge in [0.25, 0.3) is 0 Å². The van der Waals surface area contributed by atoms with E-state index in [9.17, 15) is 10.2 Å². The van der Waals surface area contributed by atoms with Crippen LogP contribution in [0.1, 0.15) is 45.1 Å². The molecule has 146 valence electrons. The lowest BCUT2D eigenvalue weighted by Crippen LogP contribution is -2.83. The molecule has 3 unspecified atom stereocenters. The molecule has 0 radical (unpaired) electrons. The minimum Gasteiger partial charge on any atom is -0.392 e. The molecular weight excluding hydrogens is 336 g/mol. The Labute approximate surface area is 162 Å². The number of anilines is 1. The standard InChI is InChI=1S/C23H33N2O2/c1-4-10-25-17-11-14(13(5-2)22(25)27)19-18(25)12-23(21(19)26)15-8-6-7-9-16(15)24(3)20(17)23/h6-9,13-14,17-22,26-27H,4-5,10-12H2,1-3H3/q+1/t13-,14-,17?,18-,19-,20-,21+,22+,23?,25?/m0/s1. The molecular formula is C23H33N2O2+. The topological polar surface area (TPSA) is 43.7 Å². The van der Waals surface area contributed by atoms with E-state index in [1.54, 1.807) is 0 Å². The maximum absolute atomic E-state index is 11.9. The van der Waals surface area contributed by atoms with Crippen LogP contribution in [-0.4, -0.2) is 58.7 Å². The van der Waals surface area contributed by atoms with Crippen LogP contribution < -0.4 is 4.90 Å². The van der Waals surface area contributed by atoms with Gasteiger partial charge in [0.1, 0.15) is 6.04 Å². The summed E-state index contributed by atoms with van der Waals surface area (Å²) in [6.07, 6.45) is 3.84. The van der Waals surface area contributed by atoms with Crippen molar-refractivity contribution in [2.75, 3.05) is 18.5 Å². The maximum Gasteiger partial charge on any atom is 0.194 e. The third kappa shape index (κ3) is 1.51. The van der Waals surface area contributed by atoms with Crippen molar-refractivity contribution in [1.29, 1.82) is 0 Å². The minimum absolute atomic E-state index is 0.127. The molecule has 1 saturated carbocycles. The highest BCUT2D eigenvalue weighted by atomic mass is 16.3. The third-order valence-electron chi connectivity index (χ3n) is 9.73. The number of piperidine rings is 4. The number of nitrogens with zero attached hydrogens (tertiary/aromatic N) is 2. The zero-order valence-corrected chi connectivity index (χ0v) is 16.8. The first kappa shape index (κ1) is 16.8. The third-order valence-corrected chi connectivity index (χ3v) is 9.73. The van der Waals surface area contributed by atoms with E-state index in [1.165, 1.54) is 17.7 Å². The van der Waals surface area contributed by atoms with E-state index in [-0.39, 0.29) is 17.7 Å². The molecule has 1 aromatic rings. The number of hydrogen-bond acceptors (Lipinski definition) is 3. The Bertz CT molecular complexity index is 798. The van der Waals surface area contributed by atoms with Gasteiger partial charge in [0.05, 0.1) is 30.1 Å². The molecule has 10 atom stereocenters. The molecule has 4 heteroatoms. The number of aliphatic hydroxyl groups excluding tert-OH is 2. The van der Waals surface area contributed by atoms with Gasteiger partial charge in [-0.3, -0.25) is 4.48 Å². The molecule has 5 aliphatic heterocycles. The van der Waals surface area contributed by atoms with Gasteiger partial charge in [0, 0.05) is 37.4 Å². The van der Waals surface area contributed by atoms with Gasteiger partial charge in [-0.1, -0.05) is 32.0 Å². The summed E-state index contributed by atoms with van der Waals surface area (Å²) in [6, 6.07) is 9.97. The predicted molar refractivity (Wildman–Crippen MR) is 105 cm³/mol. The van der Waals surface area contributed by atoms with Crippen molar-refractivity contribution in [3.63, 3.8) is 0 Å². The first-order valence-electron chi connectivity index (χ1n) is 11.1. The summed E-state index contributed by atoms with van der Waals surface area (Å²) in [7, 11) is 2.23. The molecule has 1 aromatic carbocycles. The molecule has 1 aliphatic carbocycles. The van der Waals surface area contributed by atoms with Gasteiger partial charge in [-0.2, -0.15) is 0 Å². The van der Waals surface area contributed by atoms with Crippen LogP contribution in [-0.2, 0) is 5.41 Å². The Morgan fingerprint density at radius 2 is 1.96 bits per heavy atom. The van der Waals surface area contributed by atoms with Crippen molar-refractivity contribution >= 4 is 5.69 Å². The zero-order chi connectivity index (χ0) is 18.7. The molecule has 0 aromatic heterocycles. The average Bonchev–Trinajstić information content (AvgIpc) is 3.06. The van der Waals surface area contributed by atoms with Gasteiger partial charge in [-0.15, -0.1) is 0 Å². The van der Waals surface area contributed by atoms with Gasteiger partial charge >= 0.3 is 0 Å². The summed E-state index contributed by atoms with van der Waals surface area (Å²) in [5.41, 5.74) is 2.56. The van der Waals surface area contributed by atoms with E-state index in [0.29, 0.717) is 35.9 Å². The van der Waals surface area contributed by atoms with Crippen LogP contribution in [0.5, 0.6) is 0 Å². The molecule has 0 amide bonds.